The van der Waals surface area contributed by atoms with Crippen molar-refractivity contribution in [1.29, 1.82) is 5.26 Å². The average Bonchev–Trinajstić information content (AvgIpc) is 2.71. The Kier molecular flexibility index (Phi) is 5.22. The maximum Gasteiger partial charge on any atom is 0.416 e. The van der Waals surface area contributed by atoms with Gasteiger partial charge in [-0.25, -0.2) is 8.42 Å². The summed E-state index contributed by atoms with van der Waals surface area (Å²) in [4.78, 5) is 1.68. The molecular weight excluding hydrogens is 483 g/mol. The van der Waals surface area contributed by atoms with Crippen molar-refractivity contribution >= 4 is 37.3 Å². The molecule has 0 aromatic heterocycles. The highest BCUT2D eigenvalue weighted by atomic mass is 79.9. The largest absolute Gasteiger partial charge is 0.416 e. The molecule has 2 aromatic carbocycles. The summed E-state index contributed by atoms with van der Waals surface area (Å²) in [5.74, 6) is -0.179. The summed E-state index contributed by atoms with van der Waals surface area (Å²) in [6.07, 6.45) is -3.46. The fraction of sp³-hybridized carbons (Fsp3) is 0.350. The Labute approximate surface area is 180 Å². The number of anilines is 2. The first-order valence-electron chi connectivity index (χ1n) is 9.27. The Morgan fingerprint density at radius 3 is 2.60 bits per heavy atom. The van der Waals surface area contributed by atoms with Gasteiger partial charge in [0.1, 0.15) is 0 Å². The van der Waals surface area contributed by atoms with E-state index < -0.39 is 26.7 Å². The van der Waals surface area contributed by atoms with Gasteiger partial charge in [-0.3, -0.25) is 4.31 Å². The number of nitriles is 1. The van der Waals surface area contributed by atoms with Crippen LogP contribution in [0.1, 0.15) is 18.4 Å². The second kappa shape index (κ2) is 7.46. The van der Waals surface area contributed by atoms with Gasteiger partial charge in [-0.15, -0.1) is 0 Å². The van der Waals surface area contributed by atoms with Crippen LogP contribution < -0.4 is 9.21 Å². The van der Waals surface area contributed by atoms with E-state index in [1.165, 1.54) is 10.4 Å². The fourth-order valence-corrected chi connectivity index (χ4v) is 5.98. The van der Waals surface area contributed by atoms with E-state index in [1.807, 2.05) is 0 Å². The van der Waals surface area contributed by atoms with Crippen molar-refractivity contribution in [3.05, 3.63) is 52.5 Å². The molecule has 0 radical (unpaired) electrons. The number of piperidine rings is 1. The monoisotopic (exact) mass is 499 g/mol. The van der Waals surface area contributed by atoms with E-state index in [-0.39, 0.29) is 18.5 Å². The number of fused-ring (bicyclic) bond motifs is 3. The smallest absolute Gasteiger partial charge is 0.365 e. The van der Waals surface area contributed by atoms with Gasteiger partial charge in [0, 0.05) is 17.1 Å². The molecule has 2 heterocycles. The van der Waals surface area contributed by atoms with Crippen molar-refractivity contribution in [3.63, 3.8) is 0 Å². The van der Waals surface area contributed by atoms with Gasteiger partial charge in [0.05, 0.1) is 40.4 Å². The van der Waals surface area contributed by atoms with Crippen molar-refractivity contribution in [3.8, 4) is 6.07 Å². The van der Waals surface area contributed by atoms with Crippen LogP contribution in [0.5, 0.6) is 0 Å². The Morgan fingerprint density at radius 2 is 1.90 bits per heavy atom. The topological polar surface area (TPSA) is 64.4 Å². The van der Waals surface area contributed by atoms with E-state index in [0.29, 0.717) is 41.3 Å². The molecule has 0 saturated carbocycles. The Hall–Kier alpha value is -2.25. The molecule has 158 valence electrons. The predicted molar refractivity (Wildman–Crippen MR) is 110 cm³/mol. The molecule has 5 nitrogen and oxygen atoms in total. The minimum Gasteiger partial charge on any atom is -0.365 e. The van der Waals surface area contributed by atoms with Crippen molar-refractivity contribution < 1.29 is 21.6 Å². The third kappa shape index (κ3) is 3.65. The van der Waals surface area contributed by atoms with Crippen LogP contribution in [0.4, 0.5) is 24.5 Å². The van der Waals surface area contributed by atoms with Gasteiger partial charge in [0.15, 0.2) is 0 Å². The third-order valence-corrected chi connectivity index (χ3v) is 7.81. The Bertz CT molecular complexity index is 1130. The number of hydrogen-bond acceptors (Lipinski definition) is 4. The normalized spacial score (nSPS) is 21.6. The van der Waals surface area contributed by atoms with Crippen LogP contribution in [-0.4, -0.2) is 27.5 Å². The maximum atomic E-state index is 13.4. The van der Waals surface area contributed by atoms with Crippen LogP contribution in [0.25, 0.3) is 0 Å². The van der Waals surface area contributed by atoms with Gasteiger partial charge in [0.2, 0.25) is 0 Å². The van der Waals surface area contributed by atoms with Gasteiger partial charge in [-0.1, -0.05) is 22.0 Å². The summed E-state index contributed by atoms with van der Waals surface area (Å²) >= 11 is 3.36. The van der Waals surface area contributed by atoms with E-state index in [9.17, 15) is 26.9 Å². The van der Waals surface area contributed by atoms with Crippen molar-refractivity contribution in [2.24, 2.45) is 5.92 Å². The zero-order valence-electron chi connectivity index (χ0n) is 15.6. The SMILES string of the molecule is N#C[C@H]1CCN2c3ccc(Br)cc3N(S(=O)(=O)c3cccc(C(F)(F)F)c3)C[C@@H]2C1. The molecule has 2 atom stereocenters. The lowest BCUT2D eigenvalue weighted by Crippen LogP contribution is -2.54. The van der Waals surface area contributed by atoms with Crippen LogP contribution in [0.3, 0.4) is 0 Å². The number of alkyl halides is 3. The number of nitrogens with zero attached hydrogens (tertiary/aromatic N) is 3. The van der Waals surface area contributed by atoms with Crippen LogP contribution >= 0.6 is 15.9 Å². The molecule has 1 fully saturated rings. The van der Waals surface area contributed by atoms with E-state index >= 15 is 0 Å². The number of benzene rings is 2. The minimum absolute atomic E-state index is 0.0697. The third-order valence-electron chi connectivity index (χ3n) is 5.54. The molecule has 4 rings (SSSR count). The number of rotatable bonds is 2. The molecule has 0 N–H and O–H groups in total. The summed E-state index contributed by atoms with van der Waals surface area (Å²) in [6, 6.07) is 11.1. The van der Waals surface area contributed by atoms with Crippen LogP contribution in [0, 0.1) is 17.2 Å². The number of halogens is 4. The lowest BCUT2D eigenvalue weighted by Gasteiger charge is -2.47. The van der Waals surface area contributed by atoms with Gasteiger partial charge in [-0.2, -0.15) is 18.4 Å². The second-order valence-corrected chi connectivity index (χ2v) is 10.2. The van der Waals surface area contributed by atoms with Crippen molar-refractivity contribution in [1.82, 2.24) is 0 Å². The lowest BCUT2D eigenvalue weighted by molar-refractivity contribution is -0.137. The van der Waals surface area contributed by atoms with E-state index in [4.69, 9.17) is 0 Å². The standard InChI is InChI=1S/C20H17BrF3N3O2S/c21-15-4-5-18-19(10-15)27(12-16-8-13(11-25)6-7-26(16)18)30(28,29)17-3-1-2-14(9-17)20(22,23)24/h1-5,9-10,13,16H,6-8,12H2/t13-,16-/m0/s1. The zero-order chi connectivity index (χ0) is 21.7. The van der Waals surface area contributed by atoms with Crippen molar-refractivity contribution in [2.45, 2.75) is 30.0 Å². The zero-order valence-corrected chi connectivity index (χ0v) is 18.0. The highest BCUT2D eigenvalue weighted by molar-refractivity contribution is 9.10. The molecule has 0 amide bonds. The van der Waals surface area contributed by atoms with Gasteiger partial charge >= 0.3 is 6.18 Å². The van der Waals surface area contributed by atoms with E-state index in [1.54, 1.807) is 18.2 Å². The summed E-state index contributed by atoms with van der Waals surface area (Å²) < 4.78 is 68.1. The highest BCUT2D eigenvalue weighted by Gasteiger charge is 2.41. The van der Waals surface area contributed by atoms with Crippen LogP contribution in [0.15, 0.2) is 51.8 Å². The molecule has 10 heteroatoms. The van der Waals surface area contributed by atoms with Gasteiger partial charge in [0.25, 0.3) is 10.0 Å². The molecule has 2 aliphatic heterocycles. The van der Waals surface area contributed by atoms with Gasteiger partial charge in [-0.05, 0) is 49.2 Å². The molecule has 0 unspecified atom stereocenters. The first-order chi connectivity index (χ1) is 14.1. The van der Waals surface area contributed by atoms with E-state index in [0.717, 1.165) is 12.1 Å². The Morgan fingerprint density at radius 1 is 1.13 bits per heavy atom. The first-order valence-corrected chi connectivity index (χ1v) is 11.5. The maximum absolute atomic E-state index is 13.4. The first kappa shape index (κ1) is 21.0. The molecule has 0 aliphatic carbocycles. The number of sulfonamides is 1. The molecule has 1 saturated heterocycles. The van der Waals surface area contributed by atoms with Gasteiger partial charge < -0.3 is 4.90 Å². The molecule has 0 spiro atoms. The van der Waals surface area contributed by atoms with E-state index in [2.05, 4.69) is 26.9 Å². The summed E-state index contributed by atoms with van der Waals surface area (Å²) in [5.41, 5.74) is 0.0914. The molecule has 30 heavy (non-hydrogen) atoms. The molecular formula is C20H17BrF3N3O2S. The summed E-state index contributed by atoms with van der Waals surface area (Å²) in [6.45, 7) is 0.690. The molecule has 2 aromatic rings. The predicted octanol–water partition coefficient (Wildman–Crippen LogP) is 4.79. The minimum atomic E-state index is -4.64. The van der Waals surface area contributed by atoms with Crippen LogP contribution in [0.2, 0.25) is 0 Å². The highest BCUT2D eigenvalue weighted by Crippen LogP contribution is 2.43. The number of hydrogen-bond donors (Lipinski definition) is 0. The average molecular weight is 500 g/mol. The second-order valence-electron chi connectivity index (χ2n) is 7.39. The fourth-order valence-electron chi connectivity index (χ4n) is 4.08. The summed E-state index contributed by atoms with van der Waals surface area (Å²) in [7, 11) is -4.25. The Balaban J connectivity index is 1.81. The van der Waals surface area contributed by atoms with Crippen molar-refractivity contribution in [2.75, 3.05) is 22.3 Å². The molecule has 0 bridgehead atoms. The summed E-state index contributed by atoms with van der Waals surface area (Å²) in [5, 5.41) is 9.31. The molecule has 2 aliphatic rings. The quantitative estimate of drug-likeness (QED) is 0.596. The lowest BCUT2D eigenvalue weighted by atomic mass is 9.90. The van der Waals surface area contributed by atoms with Crippen LogP contribution in [-0.2, 0) is 16.2 Å².